The molecule has 0 unspecified atom stereocenters. The summed E-state index contributed by atoms with van der Waals surface area (Å²) in [6, 6.07) is 11.8. The highest BCUT2D eigenvalue weighted by molar-refractivity contribution is 6.30. The zero-order valence-electron chi connectivity index (χ0n) is 9.15. The van der Waals surface area contributed by atoms with Crippen LogP contribution in [0.1, 0.15) is 11.3 Å². The third-order valence-corrected chi connectivity index (χ3v) is 3.01. The third kappa shape index (κ3) is 2.04. The average Bonchev–Trinajstić information content (AvgIpc) is 2.73. The molecule has 0 fully saturated rings. The number of anilines is 1. The van der Waals surface area contributed by atoms with E-state index >= 15 is 0 Å². The maximum absolute atomic E-state index is 5.96. The number of fused-ring (bicyclic) bond motifs is 1. The molecule has 1 N–H and O–H groups in total. The zero-order chi connectivity index (χ0) is 11.7. The summed E-state index contributed by atoms with van der Waals surface area (Å²) in [5.74, 6) is 0. The van der Waals surface area contributed by atoms with Crippen LogP contribution in [0.15, 0.2) is 48.7 Å². The molecule has 1 aromatic carbocycles. The van der Waals surface area contributed by atoms with Crippen molar-refractivity contribution in [3.8, 4) is 0 Å². The Bertz CT molecular complexity index is 590. The molecule has 1 aromatic heterocycles. The topological polar surface area (TPSA) is 24.9 Å². The lowest BCUT2D eigenvalue weighted by Crippen LogP contribution is -1.99. The summed E-state index contributed by atoms with van der Waals surface area (Å²) in [7, 11) is 0. The molecule has 3 heteroatoms. The molecule has 0 spiro atoms. The smallest absolute Gasteiger partial charge is 0.0896 e. The van der Waals surface area contributed by atoms with Crippen molar-refractivity contribution in [2.75, 3.05) is 5.32 Å². The number of allylic oxidation sites excluding steroid dienone is 1. The van der Waals surface area contributed by atoms with Crippen LogP contribution in [0, 0.1) is 0 Å². The molecule has 0 bridgehead atoms. The Morgan fingerprint density at radius 2 is 2.12 bits per heavy atom. The highest BCUT2D eigenvalue weighted by atomic mass is 35.5. The Balaban J connectivity index is 1.89. The lowest BCUT2D eigenvalue weighted by molar-refractivity contribution is 1.20. The summed E-state index contributed by atoms with van der Waals surface area (Å²) in [6.45, 7) is 0. The fourth-order valence-corrected chi connectivity index (χ4v) is 2.18. The minimum atomic E-state index is 0.731. The fraction of sp³-hybridized carbons (Fsp3) is 0.0714. The normalized spacial score (nSPS) is 13.1. The van der Waals surface area contributed by atoms with Gasteiger partial charge >= 0.3 is 0 Å². The molecule has 2 nitrogen and oxygen atoms in total. The van der Waals surface area contributed by atoms with Crippen LogP contribution in [0.3, 0.4) is 0 Å². The summed E-state index contributed by atoms with van der Waals surface area (Å²) in [4.78, 5) is 4.40. The number of nitrogens with zero attached hydrogens (tertiary/aromatic N) is 1. The fourth-order valence-electron chi connectivity index (χ4n) is 1.99. The van der Waals surface area contributed by atoms with E-state index < -0.39 is 0 Å². The molecule has 2 aromatic rings. The number of halogens is 1. The first-order valence-electron chi connectivity index (χ1n) is 5.50. The van der Waals surface area contributed by atoms with E-state index in [4.69, 9.17) is 11.6 Å². The number of nitrogens with one attached hydrogen (secondary N) is 1. The van der Waals surface area contributed by atoms with Gasteiger partial charge in [0.05, 0.1) is 11.4 Å². The van der Waals surface area contributed by atoms with E-state index in [1.54, 1.807) is 0 Å². The van der Waals surface area contributed by atoms with Crippen molar-refractivity contribution in [1.82, 2.24) is 4.98 Å². The molecule has 1 aliphatic rings. The first-order valence-corrected chi connectivity index (χ1v) is 5.88. The third-order valence-electron chi connectivity index (χ3n) is 2.78. The predicted octanol–water partition coefficient (Wildman–Crippen LogP) is 3.74. The molecule has 1 aliphatic carbocycles. The van der Waals surface area contributed by atoms with Gasteiger partial charge in [-0.15, -0.1) is 0 Å². The van der Waals surface area contributed by atoms with Gasteiger partial charge < -0.3 is 5.32 Å². The van der Waals surface area contributed by atoms with Crippen LogP contribution in [0.5, 0.6) is 0 Å². The molecule has 3 rings (SSSR count). The molecule has 84 valence electrons. The van der Waals surface area contributed by atoms with E-state index in [0.29, 0.717) is 0 Å². The Kier molecular flexibility index (Phi) is 2.57. The summed E-state index contributed by atoms with van der Waals surface area (Å²) in [6.07, 6.45) is 4.91. The minimum Gasteiger partial charge on any atom is -0.354 e. The standard InChI is InChI=1S/C14H11ClN2/c15-11-4-1-5-12(9-11)17-13-7-6-10-3-2-8-16-14(10)13/h1-5,7-9,17H,6H2. The molecule has 0 saturated carbocycles. The minimum absolute atomic E-state index is 0.731. The van der Waals surface area contributed by atoms with E-state index in [-0.39, 0.29) is 0 Å². The number of benzene rings is 1. The van der Waals surface area contributed by atoms with E-state index in [9.17, 15) is 0 Å². The highest BCUT2D eigenvalue weighted by Gasteiger charge is 2.14. The van der Waals surface area contributed by atoms with Crippen LogP contribution in [0.4, 0.5) is 5.69 Å². The number of pyridine rings is 1. The second kappa shape index (κ2) is 4.22. The molecule has 17 heavy (non-hydrogen) atoms. The summed E-state index contributed by atoms with van der Waals surface area (Å²) in [5.41, 5.74) is 4.34. The van der Waals surface area contributed by atoms with Crippen LogP contribution < -0.4 is 5.32 Å². The second-order valence-corrected chi connectivity index (χ2v) is 4.40. The Labute approximate surface area is 105 Å². The van der Waals surface area contributed by atoms with Gasteiger partial charge in [-0.1, -0.05) is 29.8 Å². The van der Waals surface area contributed by atoms with E-state index in [0.717, 1.165) is 28.5 Å². The Morgan fingerprint density at radius 3 is 3.00 bits per heavy atom. The molecular formula is C14H11ClN2. The van der Waals surface area contributed by atoms with Crippen molar-refractivity contribution in [2.24, 2.45) is 0 Å². The SMILES string of the molecule is Clc1cccc(NC2=CCc3cccnc32)c1. The number of hydrogen-bond donors (Lipinski definition) is 1. The monoisotopic (exact) mass is 242 g/mol. The van der Waals surface area contributed by atoms with Crippen LogP contribution in [0.2, 0.25) is 5.02 Å². The van der Waals surface area contributed by atoms with Gasteiger partial charge in [-0.2, -0.15) is 0 Å². The lowest BCUT2D eigenvalue weighted by Gasteiger charge is -2.08. The molecule has 1 heterocycles. The highest BCUT2D eigenvalue weighted by Crippen LogP contribution is 2.27. The first kappa shape index (κ1) is 10.4. The largest absolute Gasteiger partial charge is 0.354 e. The predicted molar refractivity (Wildman–Crippen MR) is 71.0 cm³/mol. The van der Waals surface area contributed by atoms with Crippen molar-refractivity contribution in [1.29, 1.82) is 0 Å². The van der Waals surface area contributed by atoms with Crippen molar-refractivity contribution >= 4 is 23.0 Å². The Hall–Kier alpha value is -1.80. The van der Waals surface area contributed by atoms with Crippen LogP contribution in [0.25, 0.3) is 5.70 Å². The van der Waals surface area contributed by atoms with Gasteiger partial charge in [-0.05, 0) is 36.2 Å². The Morgan fingerprint density at radius 1 is 1.18 bits per heavy atom. The quantitative estimate of drug-likeness (QED) is 0.868. The van der Waals surface area contributed by atoms with Gasteiger partial charge in [0.15, 0.2) is 0 Å². The van der Waals surface area contributed by atoms with Crippen molar-refractivity contribution in [3.63, 3.8) is 0 Å². The zero-order valence-corrected chi connectivity index (χ0v) is 9.91. The van der Waals surface area contributed by atoms with Crippen molar-refractivity contribution < 1.29 is 0 Å². The molecular weight excluding hydrogens is 232 g/mol. The van der Waals surface area contributed by atoms with Crippen LogP contribution in [-0.4, -0.2) is 4.98 Å². The summed E-state index contributed by atoms with van der Waals surface area (Å²) >= 11 is 5.96. The summed E-state index contributed by atoms with van der Waals surface area (Å²) in [5, 5.41) is 4.08. The number of hydrogen-bond acceptors (Lipinski definition) is 2. The molecule has 0 saturated heterocycles. The molecule has 0 aliphatic heterocycles. The van der Waals surface area contributed by atoms with E-state index in [1.165, 1.54) is 5.56 Å². The van der Waals surface area contributed by atoms with E-state index in [1.807, 2.05) is 36.5 Å². The van der Waals surface area contributed by atoms with Crippen molar-refractivity contribution in [3.05, 3.63) is 65.0 Å². The number of rotatable bonds is 2. The average molecular weight is 243 g/mol. The van der Waals surface area contributed by atoms with Crippen molar-refractivity contribution in [2.45, 2.75) is 6.42 Å². The van der Waals surface area contributed by atoms with Crippen LogP contribution >= 0.6 is 11.6 Å². The lowest BCUT2D eigenvalue weighted by atomic mass is 10.2. The second-order valence-electron chi connectivity index (χ2n) is 3.97. The number of aromatic nitrogens is 1. The maximum atomic E-state index is 5.96. The molecule has 0 radical (unpaired) electrons. The molecule has 0 atom stereocenters. The first-order chi connectivity index (χ1) is 8.33. The van der Waals surface area contributed by atoms with Gasteiger partial charge in [-0.3, -0.25) is 4.98 Å². The summed E-state index contributed by atoms with van der Waals surface area (Å²) < 4.78 is 0. The van der Waals surface area contributed by atoms with Gasteiger partial charge in [0.25, 0.3) is 0 Å². The van der Waals surface area contributed by atoms with Crippen LogP contribution in [-0.2, 0) is 6.42 Å². The molecule has 0 amide bonds. The maximum Gasteiger partial charge on any atom is 0.0896 e. The van der Waals surface area contributed by atoms with E-state index in [2.05, 4.69) is 22.4 Å². The van der Waals surface area contributed by atoms with Gasteiger partial charge in [0, 0.05) is 16.9 Å². The van der Waals surface area contributed by atoms with Gasteiger partial charge in [-0.25, -0.2) is 0 Å². The van der Waals surface area contributed by atoms with Gasteiger partial charge in [0.1, 0.15) is 0 Å². The van der Waals surface area contributed by atoms with Gasteiger partial charge in [0.2, 0.25) is 0 Å².